The third-order valence-electron chi connectivity index (χ3n) is 3.46. The van der Waals surface area contributed by atoms with Gasteiger partial charge in [-0.1, -0.05) is 12.5 Å². The summed E-state index contributed by atoms with van der Waals surface area (Å²) in [4.78, 5) is 6.94. The van der Waals surface area contributed by atoms with E-state index in [-0.39, 0.29) is 0 Å². The Morgan fingerprint density at radius 1 is 1.29 bits per heavy atom. The Kier molecular flexibility index (Phi) is 4.95. The van der Waals surface area contributed by atoms with Crippen LogP contribution in [0.15, 0.2) is 18.3 Å². The van der Waals surface area contributed by atoms with Crippen LogP contribution in [0.3, 0.4) is 0 Å². The fraction of sp³-hybridized carbons (Fsp3) is 0.643. The summed E-state index contributed by atoms with van der Waals surface area (Å²) in [6, 6.07) is 4.11. The Hall–Kier alpha value is -0.930. The van der Waals surface area contributed by atoms with E-state index in [1.54, 1.807) is 0 Å². The van der Waals surface area contributed by atoms with E-state index < -0.39 is 0 Å². The van der Waals surface area contributed by atoms with Crippen molar-refractivity contribution in [1.82, 2.24) is 15.2 Å². The highest BCUT2D eigenvalue weighted by Crippen LogP contribution is 2.07. The summed E-state index contributed by atoms with van der Waals surface area (Å²) in [5, 5.41) is 3.49. The van der Waals surface area contributed by atoms with Gasteiger partial charge in [0.15, 0.2) is 0 Å². The fourth-order valence-corrected chi connectivity index (χ4v) is 2.33. The lowest BCUT2D eigenvalue weighted by Gasteiger charge is -2.26. The first-order valence-corrected chi connectivity index (χ1v) is 6.70. The zero-order valence-corrected chi connectivity index (χ0v) is 10.8. The summed E-state index contributed by atoms with van der Waals surface area (Å²) in [7, 11) is 0. The van der Waals surface area contributed by atoms with Crippen LogP contribution in [-0.2, 0) is 6.54 Å². The van der Waals surface area contributed by atoms with E-state index in [0.29, 0.717) is 0 Å². The molecular weight excluding hydrogens is 210 g/mol. The number of likely N-dealkylation sites (tertiary alicyclic amines) is 1. The maximum Gasteiger partial charge on any atom is 0.0570 e. The quantitative estimate of drug-likeness (QED) is 0.788. The second kappa shape index (κ2) is 6.72. The molecule has 0 radical (unpaired) electrons. The Labute approximate surface area is 104 Å². The summed E-state index contributed by atoms with van der Waals surface area (Å²) >= 11 is 0. The number of hydrogen-bond acceptors (Lipinski definition) is 3. The molecule has 94 valence electrons. The molecule has 1 aromatic heterocycles. The van der Waals surface area contributed by atoms with Gasteiger partial charge >= 0.3 is 0 Å². The van der Waals surface area contributed by atoms with E-state index in [1.165, 1.54) is 50.2 Å². The van der Waals surface area contributed by atoms with Gasteiger partial charge in [0.2, 0.25) is 0 Å². The van der Waals surface area contributed by atoms with Gasteiger partial charge in [0.1, 0.15) is 0 Å². The lowest BCUT2D eigenvalue weighted by molar-refractivity contribution is 0.229. The van der Waals surface area contributed by atoms with Crippen molar-refractivity contribution in [3.63, 3.8) is 0 Å². The fourth-order valence-electron chi connectivity index (χ4n) is 2.33. The Balaban J connectivity index is 1.64. The molecule has 0 aliphatic carbocycles. The highest BCUT2D eigenvalue weighted by atomic mass is 15.1. The molecule has 1 aliphatic heterocycles. The molecule has 1 aliphatic rings. The zero-order valence-electron chi connectivity index (χ0n) is 10.8. The van der Waals surface area contributed by atoms with Gasteiger partial charge in [0, 0.05) is 25.8 Å². The van der Waals surface area contributed by atoms with Crippen LogP contribution >= 0.6 is 0 Å². The van der Waals surface area contributed by atoms with E-state index in [9.17, 15) is 0 Å². The normalized spacial score (nSPS) is 17.2. The molecule has 0 amide bonds. The van der Waals surface area contributed by atoms with E-state index in [2.05, 4.69) is 28.2 Å². The van der Waals surface area contributed by atoms with Crippen LogP contribution < -0.4 is 5.32 Å². The molecule has 0 bridgehead atoms. The predicted octanol–water partition coefficient (Wildman–Crippen LogP) is 1.97. The van der Waals surface area contributed by atoms with Gasteiger partial charge in [0.05, 0.1) is 5.69 Å². The average Bonchev–Trinajstić information content (AvgIpc) is 2.38. The first-order valence-electron chi connectivity index (χ1n) is 6.70. The van der Waals surface area contributed by atoms with Crippen molar-refractivity contribution < 1.29 is 0 Å². The lowest BCUT2D eigenvalue weighted by atomic mass is 10.1. The number of hydrogen-bond donors (Lipinski definition) is 1. The van der Waals surface area contributed by atoms with Crippen molar-refractivity contribution >= 4 is 0 Å². The molecule has 1 fully saturated rings. The molecule has 0 saturated carbocycles. The molecule has 2 heterocycles. The Morgan fingerprint density at radius 3 is 2.88 bits per heavy atom. The number of piperidine rings is 1. The first-order chi connectivity index (χ1) is 8.36. The lowest BCUT2D eigenvalue weighted by Crippen LogP contribution is -2.35. The number of aryl methyl sites for hydroxylation is 1. The monoisotopic (exact) mass is 233 g/mol. The van der Waals surface area contributed by atoms with Gasteiger partial charge in [-0.15, -0.1) is 0 Å². The topological polar surface area (TPSA) is 28.2 Å². The molecular formula is C14H23N3. The van der Waals surface area contributed by atoms with Crippen LogP contribution in [0.4, 0.5) is 0 Å². The Morgan fingerprint density at radius 2 is 2.12 bits per heavy atom. The minimum absolute atomic E-state index is 0.889. The largest absolute Gasteiger partial charge is 0.310 e. The molecule has 0 atom stereocenters. The maximum atomic E-state index is 4.39. The van der Waals surface area contributed by atoms with Crippen LogP contribution in [0.5, 0.6) is 0 Å². The van der Waals surface area contributed by atoms with Gasteiger partial charge < -0.3 is 10.2 Å². The molecule has 1 aromatic rings. The Bertz CT molecular complexity index is 332. The third kappa shape index (κ3) is 4.10. The van der Waals surface area contributed by atoms with Crippen LogP contribution in [0.2, 0.25) is 0 Å². The van der Waals surface area contributed by atoms with Crippen molar-refractivity contribution in [2.75, 3.05) is 26.2 Å². The minimum atomic E-state index is 0.889. The summed E-state index contributed by atoms with van der Waals surface area (Å²) < 4.78 is 0. The van der Waals surface area contributed by atoms with E-state index >= 15 is 0 Å². The second-order valence-corrected chi connectivity index (χ2v) is 4.85. The van der Waals surface area contributed by atoms with Gasteiger partial charge in [-0.25, -0.2) is 0 Å². The molecule has 2 rings (SSSR count). The van der Waals surface area contributed by atoms with E-state index in [4.69, 9.17) is 0 Å². The highest BCUT2D eigenvalue weighted by Gasteiger charge is 2.08. The van der Waals surface area contributed by atoms with Crippen molar-refractivity contribution in [3.05, 3.63) is 29.6 Å². The van der Waals surface area contributed by atoms with Crippen molar-refractivity contribution in [2.24, 2.45) is 0 Å². The smallest absolute Gasteiger partial charge is 0.0570 e. The molecule has 0 aromatic carbocycles. The SMILES string of the molecule is Cc1cccnc1CNCCN1CCCCC1. The van der Waals surface area contributed by atoms with Crippen molar-refractivity contribution in [3.8, 4) is 0 Å². The number of pyridine rings is 1. The second-order valence-electron chi connectivity index (χ2n) is 4.85. The summed E-state index contributed by atoms with van der Waals surface area (Å²) in [5.41, 5.74) is 2.45. The number of rotatable bonds is 5. The number of nitrogens with one attached hydrogen (secondary N) is 1. The molecule has 1 saturated heterocycles. The summed E-state index contributed by atoms with van der Waals surface area (Å²) in [6.07, 6.45) is 6.03. The van der Waals surface area contributed by atoms with Gasteiger partial charge in [0.25, 0.3) is 0 Å². The van der Waals surface area contributed by atoms with E-state index in [0.717, 1.165) is 13.1 Å². The van der Waals surface area contributed by atoms with Crippen molar-refractivity contribution in [2.45, 2.75) is 32.7 Å². The third-order valence-corrected chi connectivity index (χ3v) is 3.46. The average molecular weight is 233 g/mol. The number of nitrogens with zero attached hydrogens (tertiary/aromatic N) is 2. The zero-order chi connectivity index (χ0) is 11.9. The van der Waals surface area contributed by atoms with Crippen LogP contribution in [-0.4, -0.2) is 36.1 Å². The minimum Gasteiger partial charge on any atom is -0.310 e. The van der Waals surface area contributed by atoms with Crippen LogP contribution in [0.25, 0.3) is 0 Å². The molecule has 3 nitrogen and oxygen atoms in total. The molecule has 0 spiro atoms. The maximum absolute atomic E-state index is 4.39. The van der Waals surface area contributed by atoms with Gasteiger partial charge in [-0.3, -0.25) is 4.98 Å². The van der Waals surface area contributed by atoms with Gasteiger partial charge in [-0.05, 0) is 44.5 Å². The van der Waals surface area contributed by atoms with Crippen LogP contribution in [0, 0.1) is 6.92 Å². The summed E-state index contributed by atoms with van der Waals surface area (Å²) in [6.45, 7) is 7.81. The molecule has 17 heavy (non-hydrogen) atoms. The van der Waals surface area contributed by atoms with Gasteiger partial charge in [-0.2, -0.15) is 0 Å². The van der Waals surface area contributed by atoms with E-state index in [1.807, 2.05) is 12.3 Å². The van der Waals surface area contributed by atoms with Crippen LogP contribution in [0.1, 0.15) is 30.5 Å². The standard InChI is InChI=1S/C14H23N3/c1-13-6-5-7-16-14(13)12-15-8-11-17-9-3-2-4-10-17/h5-7,15H,2-4,8-12H2,1H3. The van der Waals surface area contributed by atoms with Crippen molar-refractivity contribution in [1.29, 1.82) is 0 Å². The molecule has 3 heteroatoms. The summed E-state index contributed by atoms with van der Waals surface area (Å²) in [5.74, 6) is 0. The predicted molar refractivity (Wildman–Crippen MR) is 71.0 cm³/mol. The first kappa shape index (κ1) is 12.5. The molecule has 0 unspecified atom stereocenters. The molecule has 1 N–H and O–H groups in total. The highest BCUT2D eigenvalue weighted by molar-refractivity contribution is 5.17. The number of aromatic nitrogens is 1.